The molecule has 13 atom stereocenters. The molecule has 3 rings (SSSR count). The van der Waals surface area contributed by atoms with E-state index in [1.54, 1.807) is 20.2 Å². The van der Waals surface area contributed by atoms with Gasteiger partial charge in [0.15, 0.2) is 18.9 Å². The summed E-state index contributed by atoms with van der Waals surface area (Å²) in [7, 11) is 3.12. The number of amides is 1. The lowest BCUT2D eigenvalue weighted by molar-refractivity contribution is -0.367. The maximum atomic E-state index is 12.7. The molecule has 61 heavy (non-hydrogen) atoms. The Morgan fingerprint density at radius 1 is 0.705 bits per heavy atom. The van der Waals surface area contributed by atoms with Crippen molar-refractivity contribution in [3.8, 4) is 0 Å². The minimum Gasteiger partial charge on any atom is -0.394 e. The van der Waals surface area contributed by atoms with Gasteiger partial charge in [-0.1, -0.05) is 6.08 Å². The Morgan fingerprint density at radius 3 is 1.74 bits per heavy atom. The summed E-state index contributed by atoms with van der Waals surface area (Å²) in [5, 5.41) is 72.6. The van der Waals surface area contributed by atoms with E-state index in [1.165, 1.54) is 11.8 Å². The van der Waals surface area contributed by atoms with Crippen molar-refractivity contribution < 1.29 is 107 Å². The van der Waals surface area contributed by atoms with E-state index in [2.05, 4.69) is 6.58 Å². The maximum absolute atomic E-state index is 12.7. The predicted molar refractivity (Wildman–Crippen MR) is 206 cm³/mol. The molecule has 3 aliphatic heterocycles. The zero-order chi connectivity index (χ0) is 44.6. The zero-order valence-corrected chi connectivity index (χ0v) is 35.3. The van der Waals surface area contributed by atoms with Crippen LogP contribution >= 0.6 is 0 Å². The van der Waals surface area contributed by atoms with Gasteiger partial charge in [0.1, 0.15) is 54.9 Å². The highest BCUT2D eigenvalue weighted by Gasteiger charge is 2.51. The molecular formula is C38H69NO22. The van der Waals surface area contributed by atoms with E-state index < -0.39 is 98.7 Å². The number of aliphatic hydroxyl groups is 7. The fraction of sp³-hybridized carbons (Fsp3) is 0.921. The standard InChI is InChI=1S/C38H69NO22/c1-5-7-48-9-10-49-11-12-50-13-14-51-15-16-52-17-18-53-19-20-54-23-25(24-55-28-6-8-56-38(2,61-28)37(47)39(3)4)57-35-33(46)31(44)34(27(22-41)59-35)60-36-32(45)30(43)29(42)26(21-40)58-36/h5,25-36,40-46H,1,6-24H2,2-4H3/t25?,26-,27-,28+,29+,30+,31-,32-,33-,34-,35-,36+,38+/m1/s1. The first kappa shape index (κ1) is 53.7. The maximum Gasteiger partial charge on any atom is 0.282 e. The van der Waals surface area contributed by atoms with E-state index in [1.807, 2.05) is 0 Å². The zero-order valence-electron chi connectivity index (χ0n) is 35.3. The van der Waals surface area contributed by atoms with Crippen LogP contribution in [0.1, 0.15) is 13.3 Å². The second kappa shape index (κ2) is 29.7. The van der Waals surface area contributed by atoms with Crippen LogP contribution in [0, 0.1) is 0 Å². The quantitative estimate of drug-likeness (QED) is 0.0249. The van der Waals surface area contributed by atoms with Gasteiger partial charge in [-0.25, -0.2) is 0 Å². The number of ether oxygens (including phenoxy) is 14. The number of carbonyl (C=O) groups excluding carboxylic acids is 1. The first-order valence-electron chi connectivity index (χ1n) is 20.4. The summed E-state index contributed by atoms with van der Waals surface area (Å²) in [5.41, 5.74) is 0. The van der Waals surface area contributed by atoms with Crippen LogP contribution in [0.5, 0.6) is 0 Å². The number of hydrogen-bond acceptors (Lipinski definition) is 22. The summed E-state index contributed by atoms with van der Waals surface area (Å²) in [4.78, 5) is 14.0. The first-order valence-corrected chi connectivity index (χ1v) is 20.4. The molecule has 3 aliphatic rings. The highest BCUT2D eigenvalue weighted by atomic mass is 16.8. The van der Waals surface area contributed by atoms with E-state index in [0.29, 0.717) is 66.1 Å². The third kappa shape index (κ3) is 18.4. The van der Waals surface area contributed by atoms with Crippen LogP contribution in [0.2, 0.25) is 0 Å². The van der Waals surface area contributed by atoms with Crippen molar-refractivity contribution in [2.45, 2.75) is 92.9 Å². The Morgan fingerprint density at radius 2 is 1.21 bits per heavy atom. The summed E-state index contributed by atoms with van der Waals surface area (Å²) < 4.78 is 78.6. The SMILES string of the molecule is C=CCOCCOCCOCCOCCOCCOCCOCC(CO[C@@H]1CCO[C@](C)(C(=O)N(C)C)O1)O[C@@H]1O[C@H](CO)[C@@H](O[C@@H]2O[C@H](CO)[C@H](O)[C@H](O)[C@H]2O)[C@H](O)[C@H]1O. The molecule has 1 amide bonds. The molecule has 0 saturated carbocycles. The molecule has 3 saturated heterocycles. The summed E-state index contributed by atoms with van der Waals surface area (Å²) in [6.07, 6.45) is -16.2. The van der Waals surface area contributed by atoms with E-state index in [0.717, 1.165) is 0 Å². The van der Waals surface area contributed by atoms with Crippen LogP contribution in [0.4, 0.5) is 0 Å². The fourth-order valence-corrected chi connectivity index (χ4v) is 6.13. The highest BCUT2D eigenvalue weighted by Crippen LogP contribution is 2.31. The third-order valence-corrected chi connectivity index (χ3v) is 9.41. The Labute approximate surface area is 356 Å². The Bertz CT molecular complexity index is 1170. The minimum atomic E-state index is -1.82. The molecule has 0 aromatic heterocycles. The summed E-state index contributed by atoms with van der Waals surface area (Å²) in [6.45, 7) is 8.31. The van der Waals surface area contributed by atoms with E-state index >= 15 is 0 Å². The van der Waals surface area contributed by atoms with Gasteiger partial charge in [-0.2, -0.15) is 0 Å². The number of hydrogen-bond donors (Lipinski definition) is 7. The smallest absolute Gasteiger partial charge is 0.282 e. The monoisotopic (exact) mass is 891 g/mol. The van der Waals surface area contributed by atoms with Gasteiger partial charge in [0.2, 0.25) is 5.79 Å². The molecule has 358 valence electrons. The van der Waals surface area contributed by atoms with Gasteiger partial charge in [-0.05, 0) is 6.92 Å². The number of nitrogens with zero attached hydrogens (tertiary/aromatic N) is 1. The summed E-state index contributed by atoms with van der Waals surface area (Å²) in [5.74, 6) is -2.03. The molecule has 0 aliphatic carbocycles. The molecule has 3 heterocycles. The molecule has 23 heteroatoms. The first-order chi connectivity index (χ1) is 29.4. The molecule has 0 aromatic rings. The summed E-state index contributed by atoms with van der Waals surface area (Å²) >= 11 is 0. The molecule has 0 aromatic carbocycles. The van der Waals surface area contributed by atoms with Crippen LogP contribution in [0.15, 0.2) is 12.7 Å². The van der Waals surface area contributed by atoms with Crippen molar-refractivity contribution in [1.29, 1.82) is 0 Å². The Balaban J connectivity index is 1.43. The average molecular weight is 892 g/mol. The van der Waals surface area contributed by atoms with E-state index in [-0.39, 0.29) is 46.1 Å². The van der Waals surface area contributed by atoms with E-state index in [9.17, 15) is 40.5 Å². The van der Waals surface area contributed by atoms with Crippen LogP contribution in [-0.4, -0.2) is 259 Å². The minimum absolute atomic E-state index is 0.116. The predicted octanol–water partition coefficient (Wildman–Crippen LogP) is -4.12. The lowest BCUT2D eigenvalue weighted by Gasteiger charge is -2.46. The van der Waals surface area contributed by atoms with Crippen molar-refractivity contribution in [2.75, 3.05) is 133 Å². The molecule has 1 unspecified atom stereocenters. The third-order valence-electron chi connectivity index (χ3n) is 9.41. The van der Waals surface area contributed by atoms with Crippen LogP contribution < -0.4 is 0 Å². The molecular weight excluding hydrogens is 822 g/mol. The lowest BCUT2D eigenvalue weighted by atomic mass is 9.97. The van der Waals surface area contributed by atoms with Crippen LogP contribution in [0.25, 0.3) is 0 Å². The molecule has 0 spiro atoms. The Kier molecular flexibility index (Phi) is 26.2. The van der Waals surface area contributed by atoms with Gasteiger partial charge in [-0.3, -0.25) is 4.79 Å². The topological polar surface area (TPSA) is 291 Å². The number of likely N-dealkylation sites (N-methyl/N-ethyl adjacent to an activating group) is 1. The molecule has 23 nitrogen and oxygen atoms in total. The second-order valence-electron chi connectivity index (χ2n) is 14.4. The van der Waals surface area contributed by atoms with Gasteiger partial charge < -0.3 is 107 Å². The van der Waals surface area contributed by atoms with Crippen molar-refractivity contribution in [2.24, 2.45) is 0 Å². The molecule has 7 N–H and O–H groups in total. The highest BCUT2D eigenvalue weighted by molar-refractivity contribution is 5.82. The largest absolute Gasteiger partial charge is 0.394 e. The molecule has 0 radical (unpaired) electrons. The van der Waals surface area contributed by atoms with Gasteiger partial charge in [0.05, 0.1) is 119 Å². The number of aliphatic hydroxyl groups excluding tert-OH is 7. The fourth-order valence-electron chi connectivity index (χ4n) is 6.13. The van der Waals surface area contributed by atoms with Crippen molar-refractivity contribution >= 4 is 5.91 Å². The normalized spacial score (nSPS) is 32.5. The number of rotatable bonds is 32. The molecule has 0 bridgehead atoms. The van der Waals surface area contributed by atoms with Crippen molar-refractivity contribution in [1.82, 2.24) is 4.90 Å². The van der Waals surface area contributed by atoms with Gasteiger partial charge in [0, 0.05) is 20.5 Å². The van der Waals surface area contributed by atoms with Crippen LogP contribution in [0.3, 0.4) is 0 Å². The second-order valence-corrected chi connectivity index (χ2v) is 14.4. The van der Waals surface area contributed by atoms with Gasteiger partial charge >= 0.3 is 0 Å². The van der Waals surface area contributed by atoms with E-state index in [4.69, 9.17) is 66.3 Å². The van der Waals surface area contributed by atoms with Crippen molar-refractivity contribution in [3.05, 3.63) is 12.7 Å². The average Bonchev–Trinajstić information content (AvgIpc) is 3.25. The number of carbonyl (C=O) groups is 1. The van der Waals surface area contributed by atoms with Gasteiger partial charge in [-0.15, -0.1) is 6.58 Å². The lowest BCUT2D eigenvalue weighted by Crippen LogP contribution is -2.65. The van der Waals surface area contributed by atoms with Gasteiger partial charge in [0.25, 0.3) is 5.91 Å². The molecule has 3 fully saturated rings. The van der Waals surface area contributed by atoms with Crippen LogP contribution in [-0.2, 0) is 71.1 Å². The summed E-state index contributed by atoms with van der Waals surface area (Å²) in [6, 6.07) is 0. The van der Waals surface area contributed by atoms with Crippen molar-refractivity contribution in [3.63, 3.8) is 0 Å². The Hall–Kier alpha value is -1.63.